The summed E-state index contributed by atoms with van der Waals surface area (Å²) in [6.07, 6.45) is 3.59. The van der Waals surface area contributed by atoms with Gasteiger partial charge in [-0.05, 0) is 79.4 Å². The molecule has 1 heterocycles. The highest BCUT2D eigenvalue weighted by atomic mass is 127. The van der Waals surface area contributed by atoms with E-state index in [-0.39, 0.29) is 12.0 Å². The first-order valence-electron chi connectivity index (χ1n) is 12.6. The molecule has 3 amide bonds. The number of carbonyl (C=O) groups excluding carboxylic acids is 3. The topological polar surface area (TPSA) is 101 Å². The lowest BCUT2D eigenvalue weighted by Crippen LogP contribution is -2.40. The lowest BCUT2D eigenvalue weighted by molar-refractivity contribution is 0.0209. The molecule has 11 heteroatoms. The number of rotatable bonds is 13. The molecule has 0 spiro atoms. The summed E-state index contributed by atoms with van der Waals surface area (Å²) < 4.78 is 12.1. The number of halogens is 2. The Morgan fingerprint density at radius 1 is 0.865 bits per heavy atom. The number of nitrogens with zero attached hydrogens (tertiary/aromatic N) is 3. The van der Waals surface area contributed by atoms with Gasteiger partial charge in [0.05, 0.1) is 5.56 Å². The van der Waals surface area contributed by atoms with E-state index < -0.39 is 17.3 Å². The maximum absolute atomic E-state index is 12.8. The van der Waals surface area contributed by atoms with Crippen molar-refractivity contribution in [3.8, 4) is 0 Å². The molecule has 0 aromatic carbocycles. The zero-order valence-electron chi connectivity index (χ0n) is 22.9. The molecular formula is C26H42ClIN4O5. The summed E-state index contributed by atoms with van der Waals surface area (Å²) in [4.78, 5) is 44.9. The van der Waals surface area contributed by atoms with Crippen LogP contribution in [0.25, 0.3) is 0 Å². The average Bonchev–Trinajstić information content (AvgIpc) is 2.77. The van der Waals surface area contributed by atoms with Crippen LogP contribution in [-0.2, 0) is 9.47 Å². The Morgan fingerprint density at radius 3 is 1.78 bits per heavy atom. The highest BCUT2D eigenvalue weighted by Crippen LogP contribution is 2.13. The monoisotopic (exact) mass is 652 g/mol. The second-order valence-corrected chi connectivity index (χ2v) is 12.1. The third-order valence-electron chi connectivity index (χ3n) is 4.85. The first-order valence-corrected chi connectivity index (χ1v) is 14.5. The molecule has 210 valence electrons. The molecule has 0 bridgehead atoms. The highest BCUT2D eigenvalue weighted by Gasteiger charge is 2.23. The molecule has 0 aliphatic heterocycles. The van der Waals surface area contributed by atoms with Crippen molar-refractivity contribution in [2.24, 2.45) is 0 Å². The van der Waals surface area contributed by atoms with Crippen molar-refractivity contribution < 1.29 is 23.9 Å². The van der Waals surface area contributed by atoms with Gasteiger partial charge in [0.1, 0.15) is 16.4 Å². The normalized spacial score (nSPS) is 11.6. The Morgan fingerprint density at radius 2 is 1.35 bits per heavy atom. The van der Waals surface area contributed by atoms with Gasteiger partial charge in [0.15, 0.2) is 0 Å². The summed E-state index contributed by atoms with van der Waals surface area (Å²) in [6.45, 7) is 13.6. The Labute approximate surface area is 240 Å². The lowest BCUT2D eigenvalue weighted by Gasteiger charge is -2.29. The van der Waals surface area contributed by atoms with Crippen molar-refractivity contribution in [3.63, 3.8) is 0 Å². The molecule has 1 aromatic rings. The summed E-state index contributed by atoms with van der Waals surface area (Å²) >= 11 is 8.06. The van der Waals surface area contributed by atoms with Gasteiger partial charge < -0.3 is 24.6 Å². The molecule has 0 unspecified atom stereocenters. The number of hydrogen-bond donors (Lipinski definition) is 1. The summed E-state index contributed by atoms with van der Waals surface area (Å²) in [5.41, 5.74) is -0.740. The number of hydrogen-bond acceptors (Lipinski definition) is 6. The molecule has 37 heavy (non-hydrogen) atoms. The van der Waals surface area contributed by atoms with Crippen LogP contribution < -0.4 is 5.32 Å². The van der Waals surface area contributed by atoms with Gasteiger partial charge in [-0.3, -0.25) is 4.79 Å². The number of alkyl halides is 1. The van der Waals surface area contributed by atoms with Gasteiger partial charge in [0, 0.05) is 43.3 Å². The molecule has 0 saturated heterocycles. The zero-order chi connectivity index (χ0) is 28.1. The molecule has 0 aliphatic carbocycles. The van der Waals surface area contributed by atoms with Crippen LogP contribution in [0.1, 0.15) is 77.6 Å². The summed E-state index contributed by atoms with van der Waals surface area (Å²) in [7, 11) is 0. The smallest absolute Gasteiger partial charge is 0.410 e. The van der Waals surface area contributed by atoms with E-state index in [9.17, 15) is 14.4 Å². The fourth-order valence-corrected chi connectivity index (χ4v) is 3.63. The fraction of sp³-hybridized carbons (Fsp3) is 0.692. The number of amides is 3. The first-order chi connectivity index (χ1) is 17.2. The quantitative estimate of drug-likeness (QED) is 0.123. The van der Waals surface area contributed by atoms with Crippen molar-refractivity contribution in [1.82, 2.24) is 20.1 Å². The fourth-order valence-electron chi connectivity index (χ4n) is 3.18. The lowest BCUT2D eigenvalue weighted by atomic mass is 10.2. The molecule has 0 saturated carbocycles. The predicted octanol–water partition coefficient (Wildman–Crippen LogP) is 5.93. The second kappa shape index (κ2) is 16.2. The molecule has 1 aromatic heterocycles. The van der Waals surface area contributed by atoms with Crippen molar-refractivity contribution in [3.05, 3.63) is 29.0 Å². The van der Waals surface area contributed by atoms with Gasteiger partial charge in [0.2, 0.25) is 0 Å². The van der Waals surface area contributed by atoms with Gasteiger partial charge in [-0.25, -0.2) is 14.6 Å². The minimum atomic E-state index is -0.613. The largest absolute Gasteiger partial charge is 0.444 e. The third kappa shape index (κ3) is 15.2. The van der Waals surface area contributed by atoms with Gasteiger partial charge in [-0.1, -0.05) is 34.2 Å². The van der Waals surface area contributed by atoms with E-state index in [0.29, 0.717) is 56.3 Å². The standard InChI is InChI=1S/C26H42ClIN4O5/c1-25(2,3)36-23(34)31(17-9-13-28)15-7-8-16-32(24(35)37-26(4,5)6)18-10-14-29-22(33)20-11-12-21(27)30-19-20/h11-12,19H,7-10,13-18H2,1-6H3,(H,29,33). The van der Waals surface area contributed by atoms with Crippen LogP contribution in [0.3, 0.4) is 0 Å². The number of ether oxygens (including phenoxy) is 2. The molecule has 0 atom stereocenters. The van der Waals surface area contributed by atoms with E-state index >= 15 is 0 Å². The van der Waals surface area contributed by atoms with Crippen molar-refractivity contribution in [2.75, 3.05) is 37.2 Å². The Hall–Kier alpha value is -1.82. The molecule has 0 fully saturated rings. The molecule has 0 aliphatic rings. The van der Waals surface area contributed by atoms with Crippen LogP contribution in [0, 0.1) is 0 Å². The van der Waals surface area contributed by atoms with Gasteiger partial charge in [-0.15, -0.1) is 0 Å². The summed E-state index contributed by atoms with van der Waals surface area (Å²) in [5.74, 6) is -0.248. The molecule has 9 nitrogen and oxygen atoms in total. The van der Waals surface area contributed by atoms with Crippen molar-refractivity contribution in [2.45, 2.75) is 78.4 Å². The SMILES string of the molecule is CC(C)(C)OC(=O)N(CCCI)CCCCN(CCCNC(=O)c1ccc(Cl)nc1)C(=O)OC(C)(C)C. The van der Waals surface area contributed by atoms with Gasteiger partial charge >= 0.3 is 12.2 Å². The van der Waals surface area contributed by atoms with Crippen LogP contribution >= 0.6 is 34.2 Å². The van der Waals surface area contributed by atoms with E-state index in [1.807, 2.05) is 41.5 Å². The minimum absolute atomic E-state index is 0.248. The van der Waals surface area contributed by atoms with Crippen molar-refractivity contribution >= 4 is 52.3 Å². The first kappa shape index (κ1) is 33.2. The second-order valence-electron chi connectivity index (χ2n) is 10.7. The number of pyridine rings is 1. The Kier molecular flexibility index (Phi) is 14.5. The minimum Gasteiger partial charge on any atom is -0.444 e. The van der Waals surface area contributed by atoms with Crippen LogP contribution in [0.15, 0.2) is 18.3 Å². The number of aromatic nitrogens is 1. The van der Waals surface area contributed by atoms with E-state index in [1.54, 1.807) is 21.9 Å². The Balaban J connectivity index is 2.61. The maximum Gasteiger partial charge on any atom is 0.410 e. The van der Waals surface area contributed by atoms with Crippen LogP contribution in [0.4, 0.5) is 9.59 Å². The Bertz CT molecular complexity index is 856. The maximum atomic E-state index is 12.8. The van der Waals surface area contributed by atoms with E-state index in [4.69, 9.17) is 21.1 Å². The van der Waals surface area contributed by atoms with E-state index in [2.05, 4.69) is 32.9 Å². The van der Waals surface area contributed by atoms with Crippen LogP contribution in [-0.4, -0.2) is 81.2 Å². The van der Waals surface area contributed by atoms with Crippen molar-refractivity contribution in [1.29, 1.82) is 0 Å². The summed E-state index contributed by atoms with van der Waals surface area (Å²) in [6, 6.07) is 3.17. The van der Waals surface area contributed by atoms with E-state index in [0.717, 1.165) is 17.3 Å². The molecule has 1 rings (SSSR count). The van der Waals surface area contributed by atoms with E-state index in [1.165, 1.54) is 6.20 Å². The summed E-state index contributed by atoms with van der Waals surface area (Å²) in [5, 5.41) is 3.16. The van der Waals surface area contributed by atoms with Gasteiger partial charge in [-0.2, -0.15) is 0 Å². The number of unbranched alkanes of at least 4 members (excludes halogenated alkanes) is 1. The van der Waals surface area contributed by atoms with Crippen LogP contribution in [0.5, 0.6) is 0 Å². The average molecular weight is 653 g/mol. The number of carbonyl (C=O) groups is 3. The third-order valence-corrected chi connectivity index (χ3v) is 5.84. The molecule has 1 N–H and O–H groups in total. The molecule has 0 radical (unpaired) electrons. The van der Waals surface area contributed by atoms with Crippen LogP contribution in [0.2, 0.25) is 5.15 Å². The zero-order valence-corrected chi connectivity index (χ0v) is 25.9. The highest BCUT2D eigenvalue weighted by molar-refractivity contribution is 14.1. The molecular weight excluding hydrogens is 611 g/mol. The number of nitrogens with one attached hydrogen (secondary N) is 1. The van der Waals surface area contributed by atoms with Gasteiger partial charge in [0.25, 0.3) is 5.91 Å². The predicted molar refractivity (Wildman–Crippen MR) is 155 cm³/mol.